The Morgan fingerprint density at radius 2 is 2.04 bits per heavy atom. The molecule has 0 atom stereocenters. The van der Waals surface area contributed by atoms with Crippen molar-refractivity contribution in [2.24, 2.45) is 10.4 Å². The van der Waals surface area contributed by atoms with Crippen LogP contribution in [0.15, 0.2) is 29.3 Å². The van der Waals surface area contributed by atoms with Crippen molar-refractivity contribution in [3.05, 3.63) is 35.6 Å². The molecule has 0 aromatic heterocycles. The molecule has 0 aliphatic carbocycles. The van der Waals surface area contributed by atoms with Crippen molar-refractivity contribution in [3.63, 3.8) is 0 Å². The number of sulfone groups is 1. The van der Waals surface area contributed by atoms with E-state index in [-0.39, 0.29) is 17.0 Å². The van der Waals surface area contributed by atoms with E-state index in [1.54, 1.807) is 6.07 Å². The number of hydrogen-bond acceptors (Lipinski definition) is 3. The molecule has 0 radical (unpaired) electrons. The van der Waals surface area contributed by atoms with Gasteiger partial charge in [0, 0.05) is 32.9 Å². The Labute approximate surface area is 151 Å². The van der Waals surface area contributed by atoms with Crippen LogP contribution < -0.4 is 5.32 Å². The summed E-state index contributed by atoms with van der Waals surface area (Å²) >= 11 is 0. The van der Waals surface area contributed by atoms with Gasteiger partial charge in [0.1, 0.15) is 15.7 Å². The van der Waals surface area contributed by atoms with Crippen LogP contribution in [-0.2, 0) is 16.4 Å². The van der Waals surface area contributed by atoms with Gasteiger partial charge in [-0.05, 0) is 36.5 Å². The lowest BCUT2D eigenvalue weighted by molar-refractivity contribution is 0.361. The van der Waals surface area contributed by atoms with Gasteiger partial charge in [0.15, 0.2) is 5.96 Å². The molecule has 0 aliphatic heterocycles. The van der Waals surface area contributed by atoms with Crippen molar-refractivity contribution in [2.45, 2.75) is 33.7 Å². The molecule has 0 heterocycles. The zero-order valence-corrected chi connectivity index (χ0v) is 16.7. The lowest BCUT2D eigenvalue weighted by Gasteiger charge is -2.26. The first-order chi connectivity index (χ1) is 11.5. The van der Waals surface area contributed by atoms with Gasteiger partial charge < -0.3 is 10.2 Å². The first kappa shape index (κ1) is 21.4. The summed E-state index contributed by atoms with van der Waals surface area (Å²) < 4.78 is 36.1. The van der Waals surface area contributed by atoms with Crippen LogP contribution in [0.25, 0.3) is 0 Å². The van der Waals surface area contributed by atoms with Crippen molar-refractivity contribution < 1.29 is 12.8 Å². The minimum atomic E-state index is -2.98. The fraction of sp³-hybridized carbons (Fsp3) is 0.611. The SMILES string of the molecule is CCNC(=NCC(C)(C)CCS(C)(=O)=O)N(C)Cc1cccc(F)c1. The Morgan fingerprint density at radius 3 is 2.60 bits per heavy atom. The maximum absolute atomic E-state index is 13.3. The quantitative estimate of drug-likeness (QED) is 0.564. The van der Waals surface area contributed by atoms with E-state index in [0.717, 1.165) is 18.1 Å². The molecule has 0 saturated heterocycles. The summed E-state index contributed by atoms with van der Waals surface area (Å²) in [5, 5.41) is 3.23. The molecular weight excluding hydrogens is 341 g/mol. The summed E-state index contributed by atoms with van der Waals surface area (Å²) in [4.78, 5) is 6.58. The highest BCUT2D eigenvalue weighted by molar-refractivity contribution is 7.90. The largest absolute Gasteiger partial charge is 0.357 e. The van der Waals surface area contributed by atoms with Crippen LogP contribution >= 0.6 is 0 Å². The normalized spacial score (nSPS) is 13.0. The molecule has 0 spiro atoms. The predicted molar refractivity (Wildman–Crippen MR) is 102 cm³/mol. The number of rotatable bonds is 8. The third kappa shape index (κ3) is 8.86. The van der Waals surface area contributed by atoms with Crippen LogP contribution in [-0.4, -0.2) is 51.4 Å². The number of guanidine groups is 1. The van der Waals surface area contributed by atoms with E-state index in [2.05, 4.69) is 10.3 Å². The second-order valence-electron chi connectivity index (χ2n) is 7.20. The van der Waals surface area contributed by atoms with Crippen molar-refractivity contribution in [3.8, 4) is 0 Å². The maximum Gasteiger partial charge on any atom is 0.193 e. The smallest absolute Gasteiger partial charge is 0.193 e. The lowest BCUT2D eigenvalue weighted by atomic mass is 9.90. The Hall–Kier alpha value is -1.63. The topological polar surface area (TPSA) is 61.8 Å². The molecule has 1 N–H and O–H groups in total. The molecule has 5 nitrogen and oxygen atoms in total. The summed E-state index contributed by atoms with van der Waals surface area (Å²) in [7, 11) is -1.08. The maximum atomic E-state index is 13.3. The molecule has 0 amide bonds. The number of nitrogens with zero attached hydrogens (tertiary/aromatic N) is 2. The molecule has 1 aromatic rings. The molecule has 0 unspecified atom stereocenters. The second-order valence-corrected chi connectivity index (χ2v) is 9.46. The molecule has 7 heteroatoms. The van der Waals surface area contributed by atoms with Gasteiger partial charge >= 0.3 is 0 Å². The van der Waals surface area contributed by atoms with Crippen LogP contribution in [0, 0.1) is 11.2 Å². The Bertz CT molecular complexity index is 687. The Kier molecular flexibility index (Phi) is 7.86. The van der Waals surface area contributed by atoms with Gasteiger partial charge in [0.05, 0.1) is 5.75 Å². The molecular formula is C18H30FN3O2S. The molecule has 1 rings (SSSR count). The van der Waals surface area contributed by atoms with Gasteiger partial charge in [0.2, 0.25) is 0 Å². The Balaban J connectivity index is 2.77. The van der Waals surface area contributed by atoms with Gasteiger partial charge in [-0.3, -0.25) is 4.99 Å². The van der Waals surface area contributed by atoms with E-state index in [9.17, 15) is 12.8 Å². The van der Waals surface area contributed by atoms with Crippen LogP contribution in [0.5, 0.6) is 0 Å². The van der Waals surface area contributed by atoms with Crippen LogP contribution in [0.1, 0.15) is 32.8 Å². The number of hydrogen-bond donors (Lipinski definition) is 1. The molecule has 0 aliphatic rings. The van der Waals surface area contributed by atoms with E-state index >= 15 is 0 Å². The van der Waals surface area contributed by atoms with Gasteiger partial charge in [0.25, 0.3) is 0 Å². The third-order valence-corrected chi connectivity index (χ3v) is 4.76. The summed E-state index contributed by atoms with van der Waals surface area (Å²) in [6, 6.07) is 6.50. The summed E-state index contributed by atoms with van der Waals surface area (Å²) in [6.07, 6.45) is 1.81. The number of benzene rings is 1. The number of aliphatic imine (C=N–C) groups is 1. The van der Waals surface area contributed by atoms with E-state index in [0.29, 0.717) is 19.5 Å². The molecule has 0 bridgehead atoms. The predicted octanol–water partition coefficient (Wildman–Crippen LogP) is 2.68. The first-order valence-electron chi connectivity index (χ1n) is 8.44. The molecule has 142 valence electrons. The summed E-state index contributed by atoms with van der Waals surface area (Å²) in [5.41, 5.74) is 0.646. The highest BCUT2D eigenvalue weighted by Gasteiger charge is 2.20. The van der Waals surface area contributed by atoms with Gasteiger partial charge in [-0.25, -0.2) is 12.8 Å². The first-order valence-corrected chi connectivity index (χ1v) is 10.5. The fourth-order valence-corrected chi connectivity index (χ4v) is 3.21. The average molecular weight is 372 g/mol. The van der Waals surface area contributed by atoms with Crippen molar-refractivity contribution in [1.82, 2.24) is 10.2 Å². The van der Waals surface area contributed by atoms with E-state index in [1.807, 2.05) is 38.8 Å². The standard InChI is InChI=1S/C18H30FN3O2S/c1-6-20-17(21-14-18(2,3)10-11-25(5,23)24)22(4)13-15-8-7-9-16(19)12-15/h7-9,12H,6,10-11,13-14H2,1-5H3,(H,20,21). The fourth-order valence-electron chi connectivity index (χ4n) is 2.28. The minimum absolute atomic E-state index is 0.158. The summed E-state index contributed by atoms with van der Waals surface area (Å²) in [6.45, 7) is 7.78. The number of nitrogens with one attached hydrogen (secondary N) is 1. The highest BCUT2D eigenvalue weighted by atomic mass is 32.2. The van der Waals surface area contributed by atoms with E-state index < -0.39 is 9.84 Å². The van der Waals surface area contributed by atoms with Gasteiger partial charge in [-0.15, -0.1) is 0 Å². The zero-order valence-electron chi connectivity index (χ0n) is 15.8. The van der Waals surface area contributed by atoms with Gasteiger partial charge in [-0.1, -0.05) is 26.0 Å². The van der Waals surface area contributed by atoms with E-state index in [1.165, 1.54) is 18.4 Å². The van der Waals surface area contributed by atoms with Crippen molar-refractivity contribution in [2.75, 3.05) is 32.1 Å². The zero-order chi connectivity index (χ0) is 19.1. The number of halogens is 1. The van der Waals surface area contributed by atoms with Crippen molar-refractivity contribution >= 4 is 15.8 Å². The molecule has 0 saturated carbocycles. The van der Waals surface area contributed by atoms with Crippen molar-refractivity contribution in [1.29, 1.82) is 0 Å². The third-order valence-electron chi connectivity index (χ3n) is 3.81. The van der Waals surface area contributed by atoms with Crippen LogP contribution in [0.3, 0.4) is 0 Å². The average Bonchev–Trinajstić information content (AvgIpc) is 2.49. The monoisotopic (exact) mass is 371 g/mol. The lowest BCUT2D eigenvalue weighted by Crippen LogP contribution is -2.39. The Morgan fingerprint density at radius 1 is 1.36 bits per heavy atom. The molecule has 25 heavy (non-hydrogen) atoms. The van der Waals surface area contributed by atoms with Crippen LogP contribution in [0.2, 0.25) is 0 Å². The second kappa shape index (κ2) is 9.17. The molecule has 0 fully saturated rings. The highest BCUT2D eigenvalue weighted by Crippen LogP contribution is 2.21. The molecule has 1 aromatic carbocycles. The summed E-state index contributed by atoms with van der Waals surface area (Å²) in [5.74, 6) is 0.625. The minimum Gasteiger partial charge on any atom is -0.357 e. The van der Waals surface area contributed by atoms with Gasteiger partial charge in [-0.2, -0.15) is 0 Å². The van der Waals surface area contributed by atoms with E-state index in [4.69, 9.17) is 0 Å². The van der Waals surface area contributed by atoms with Crippen LogP contribution in [0.4, 0.5) is 4.39 Å².